The highest BCUT2D eigenvalue weighted by Gasteiger charge is 2.19. The van der Waals surface area contributed by atoms with Gasteiger partial charge in [0.25, 0.3) is 0 Å². The first-order valence-corrected chi connectivity index (χ1v) is 24.7. The maximum absolute atomic E-state index is 12.7. The third-order valence-electron chi connectivity index (χ3n) is 11.0. The Morgan fingerprint density at radius 3 is 0.893 bits per heavy atom. The Kier molecular flexibility index (Phi) is 44.3. The minimum atomic E-state index is -0.761. The topological polar surface area (TPSA) is 78.9 Å². The molecule has 1 atom stereocenters. The fourth-order valence-electron chi connectivity index (χ4n) is 7.26. The van der Waals surface area contributed by atoms with Crippen LogP contribution in [0.15, 0.2) is 12.2 Å². The van der Waals surface area contributed by atoms with Crippen molar-refractivity contribution < 1.29 is 28.6 Å². The number of allylic oxidation sites excluding steroid dienone is 2. The first kappa shape index (κ1) is 54.2. The van der Waals surface area contributed by atoms with Gasteiger partial charge < -0.3 is 14.2 Å². The molecule has 0 aliphatic heterocycles. The number of ether oxygens (including phenoxy) is 3. The third kappa shape index (κ3) is 43.3. The van der Waals surface area contributed by atoms with E-state index in [0.29, 0.717) is 19.3 Å². The Morgan fingerprint density at radius 1 is 0.339 bits per heavy atom. The van der Waals surface area contributed by atoms with Crippen molar-refractivity contribution >= 4 is 17.9 Å². The SMILES string of the molecule is CCCCCCCC/C=C\CCCCCCCCCCCC(=O)OCC(COC(=O)CCCCCCCCC)OC(=O)CCCCCCCCCCCCCC. The average molecular weight is 791 g/mol. The van der Waals surface area contributed by atoms with Crippen molar-refractivity contribution in [2.24, 2.45) is 0 Å². The molecule has 0 aliphatic rings. The quantitative estimate of drug-likeness (QED) is 0.0264. The van der Waals surface area contributed by atoms with Crippen LogP contribution in [0.25, 0.3) is 0 Å². The van der Waals surface area contributed by atoms with Gasteiger partial charge in [-0.05, 0) is 44.9 Å². The van der Waals surface area contributed by atoms with Crippen molar-refractivity contribution in [2.45, 2.75) is 277 Å². The van der Waals surface area contributed by atoms with E-state index in [1.807, 2.05) is 0 Å². The molecule has 330 valence electrons. The zero-order valence-corrected chi connectivity index (χ0v) is 37.7. The summed E-state index contributed by atoms with van der Waals surface area (Å²) in [5.74, 6) is -0.863. The molecule has 56 heavy (non-hydrogen) atoms. The van der Waals surface area contributed by atoms with E-state index in [-0.39, 0.29) is 31.1 Å². The highest BCUT2D eigenvalue weighted by molar-refractivity contribution is 5.71. The molecular formula is C50H94O6. The molecule has 0 spiro atoms. The third-order valence-corrected chi connectivity index (χ3v) is 11.0. The predicted molar refractivity (Wildman–Crippen MR) is 238 cm³/mol. The van der Waals surface area contributed by atoms with Crippen molar-refractivity contribution in [1.82, 2.24) is 0 Å². The van der Waals surface area contributed by atoms with Crippen LogP contribution >= 0.6 is 0 Å². The van der Waals surface area contributed by atoms with Gasteiger partial charge in [-0.25, -0.2) is 0 Å². The van der Waals surface area contributed by atoms with Crippen molar-refractivity contribution in [2.75, 3.05) is 13.2 Å². The van der Waals surface area contributed by atoms with E-state index in [1.165, 1.54) is 173 Å². The Labute approximate surface area is 348 Å². The lowest BCUT2D eigenvalue weighted by Crippen LogP contribution is -2.30. The minimum absolute atomic E-state index is 0.0667. The van der Waals surface area contributed by atoms with Gasteiger partial charge in [-0.2, -0.15) is 0 Å². The predicted octanol–water partition coefficient (Wildman–Crippen LogP) is 15.8. The summed E-state index contributed by atoms with van der Waals surface area (Å²) in [7, 11) is 0. The van der Waals surface area contributed by atoms with Crippen LogP contribution in [0.1, 0.15) is 271 Å². The van der Waals surface area contributed by atoms with E-state index in [9.17, 15) is 14.4 Å². The molecule has 0 radical (unpaired) electrons. The summed E-state index contributed by atoms with van der Waals surface area (Å²) in [6, 6.07) is 0. The molecule has 0 amide bonds. The molecule has 1 unspecified atom stereocenters. The van der Waals surface area contributed by atoms with Crippen LogP contribution in [0.5, 0.6) is 0 Å². The van der Waals surface area contributed by atoms with Crippen LogP contribution in [-0.2, 0) is 28.6 Å². The molecule has 0 fully saturated rings. The number of carbonyl (C=O) groups excluding carboxylic acids is 3. The summed E-state index contributed by atoms with van der Waals surface area (Å²) >= 11 is 0. The molecular weight excluding hydrogens is 697 g/mol. The molecule has 0 aromatic rings. The van der Waals surface area contributed by atoms with E-state index in [0.717, 1.165) is 57.8 Å². The molecule has 6 heteroatoms. The maximum Gasteiger partial charge on any atom is 0.306 e. The van der Waals surface area contributed by atoms with Crippen molar-refractivity contribution in [3.05, 3.63) is 12.2 Å². The molecule has 0 aromatic carbocycles. The molecule has 6 nitrogen and oxygen atoms in total. The van der Waals surface area contributed by atoms with E-state index >= 15 is 0 Å². The smallest absolute Gasteiger partial charge is 0.306 e. The van der Waals surface area contributed by atoms with Crippen LogP contribution in [0.2, 0.25) is 0 Å². The van der Waals surface area contributed by atoms with Crippen LogP contribution in [0, 0.1) is 0 Å². The lowest BCUT2D eigenvalue weighted by molar-refractivity contribution is -0.167. The van der Waals surface area contributed by atoms with Crippen molar-refractivity contribution in [1.29, 1.82) is 0 Å². The number of rotatable bonds is 45. The largest absolute Gasteiger partial charge is 0.462 e. The Morgan fingerprint density at radius 2 is 0.589 bits per heavy atom. The first-order valence-electron chi connectivity index (χ1n) is 24.7. The van der Waals surface area contributed by atoms with Gasteiger partial charge in [0.05, 0.1) is 0 Å². The van der Waals surface area contributed by atoms with Crippen LogP contribution < -0.4 is 0 Å². The molecule has 0 saturated heterocycles. The highest BCUT2D eigenvalue weighted by Crippen LogP contribution is 2.15. The monoisotopic (exact) mass is 791 g/mol. The van der Waals surface area contributed by atoms with Gasteiger partial charge in [-0.1, -0.05) is 219 Å². The van der Waals surface area contributed by atoms with Gasteiger partial charge in [0.15, 0.2) is 6.10 Å². The van der Waals surface area contributed by atoms with E-state index in [2.05, 4.69) is 32.9 Å². The second kappa shape index (κ2) is 45.8. The van der Waals surface area contributed by atoms with Crippen LogP contribution in [0.3, 0.4) is 0 Å². The number of hydrogen-bond donors (Lipinski definition) is 0. The molecule has 0 saturated carbocycles. The summed E-state index contributed by atoms with van der Waals surface area (Å²) in [5.41, 5.74) is 0. The summed E-state index contributed by atoms with van der Waals surface area (Å²) in [5, 5.41) is 0. The van der Waals surface area contributed by atoms with E-state index in [4.69, 9.17) is 14.2 Å². The van der Waals surface area contributed by atoms with Crippen molar-refractivity contribution in [3.63, 3.8) is 0 Å². The van der Waals surface area contributed by atoms with Gasteiger partial charge in [-0.3, -0.25) is 14.4 Å². The van der Waals surface area contributed by atoms with Gasteiger partial charge in [0.2, 0.25) is 0 Å². The van der Waals surface area contributed by atoms with Crippen LogP contribution in [0.4, 0.5) is 0 Å². The van der Waals surface area contributed by atoms with E-state index < -0.39 is 6.10 Å². The number of carbonyl (C=O) groups is 3. The average Bonchev–Trinajstić information content (AvgIpc) is 3.19. The second-order valence-corrected chi connectivity index (χ2v) is 16.7. The normalized spacial score (nSPS) is 12.0. The lowest BCUT2D eigenvalue weighted by Gasteiger charge is -2.18. The van der Waals surface area contributed by atoms with Gasteiger partial charge in [-0.15, -0.1) is 0 Å². The maximum atomic E-state index is 12.7. The zero-order chi connectivity index (χ0) is 40.8. The molecule has 0 heterocycles. The number of hydrogen-bond acceptors (Lipinski definition) is 6. The number of unbranched alkanes of at least 4 members (excludes halogenated alkanes) is 32. The van der Waals surface area contributed by atoms with Crippen molar-refractivity contribution in [3.8, 4) is 0 Å². The summed E-state index contributed by atoms with van der Waals surface area (Å²) < 4.78 is 16.7. The standard InChI is InChI=1S/C50H94O6/c1-4-7-10-13-16-18-20-22-23-24-25-26-27-28-30-31-34-37-40-43-49(52)55-46-47(45-54-48(51)42-39-36-33-15-12-9-6-3)56-50(53)44-41-38-35-32-29-21-19-17-14-11-8-5-2/h22-23,47H,4-21,24-46H2,1-3H3/b23-22-. The number of esters is 3. The summed E-state index contributed by atoms with van der Waals surface area (Å²) in [4.78, 5) is 37.7. The van der Waals surface area contributed by atoms with Gasteiger partial charge in [0.1, 0.15) is 13.2 Å². The molecule has 0 aromatic heterocycles. The minimum Gasteiger partial charge on any atom is -0.462 e. The Hall–Kier alpha value is -1.85. The fourth-order valence-corrected chi connectivity index (χ4v) is 7.26. The fraction of sp³-hybridized carbons (Fsp3) is 0.900. The molecule has 0 N–H and O–H groups in total. The van der Waals surface area contributed by atoms with Gasteiger partial charge >= 0.3 is 17.9 Å². The highest BCUT2D eigenvalue weighted by atomic mass is 16.6. The first-order chi connectivity index (χ1) is 27.5. The summed E-state index contributed by atoms with van der Waals surface area (Å²) in [6.45, 7) is 6.61. The molecule has 0 rings (SSSR count). The zero-order valence-electron chi connectivity index (χ0n) is 37.7. The Bertz CT molecular complexity index is 870. The molecule has 0 aliphatic carbocycles. The lowest BCUT2D eigenvalue weighted by atomic mass is 10.0. The molecule has 0 bridgehead atoms. The van der Waals surface area contributed by atoms with Crippen LogP contribution in [-0.4, -0.2) is 37.2 Å². The second-order valence-electron chi connectivity index (χ2n) is 16.7. The van der Waals surface area contributed by atoms with E-state index in [1.54, 1.807) is 0 Å². The summed E-state index contributed by atoms with van der Waals surface area (Å²) in [6.07, 6.45) is 49.2. The van der Waals surface area contributed by atoms with Gasteiger partial charge in [0, 0.05) is 19.3 Å². The Balaban J connectivity index is 4.19.